The maximum atomic E-state index is 12.4. The monoisotopic (exact) mass is 413 g/mol. The fraction of sp³-hybridized carbons (Fsp3) is 0.130. The molecule has 148 valence electrons. The molecule has 0 aliphatic rings. The van der Waals surface area contributed by atoms with E-state index in [-0.39, 0.29) is 5.91 Å². The summed E-state index contributed by atoms with van der Waals surface area (Å²) in [4.78, 5) is 26.2. The fourth-order valence-electron chi connectivity index (χ4n) is 3.12. The number of aromatic nitrogens is 3. The Morgan fingerprint density at radius 3 is 2.67 bits per heavy atom. The summed E-state index contributed by atoms with van der Waals surface area (Å²) in [5, 5.41) is 12.0. The minimum Gasteiger partial charge on any atom is -0.337 e. The highest BCUT2D eigenvalue weighted by atomic mass is 32.1. The number of nitrogens with zero attached hydrogens (tertiary/aromatic N) is 4. The van der Waals surface area contributed by atoms with E-state index in [1.807, 2.05) is 61.7 Å². The Balaban J connectivity index is 1.70. The topological polar surface area (TPSA) is 85.7 Å². The molecule has 0 aliphatic carbocycles. The van der Waals surface area contributed by atoms with Gasteiger partial charge in [0.15, 0.2) is 5.13 Å². The molecule has 0 saturated carbocycles. The normalized spacial score (nSPS) is 11.5. The van der Waals surface area contributed by atoms with Gasteiger partial charge in [0.2, 0.25) is 5.91 Å². The van der Waals surface area contributed by atoms with Crippen molar-refractivity contribution in [3.05, 3.63) is 70.5 Å². The highest BCUT2D eigenvalue weighted by Gasteiger charge is 2.18. The molecular weight excluding hydrogens is 394 g/mol. The molecule has 0 radical (unpaired) electrons. The number of nitriles is 1. The summed E-state index contributed by atoms with van der Waals surface area (Å²) in [6, 6.07) is 15.7. The van der Waals surface area contributed by atoms with Crippen molar-refractivity contribution in [1.82, 2.24) is 15.0 Å². The number of rotatable bonds is 4. The van der Waals surface area contributed by atoms with Crippen LogP contribution in [0.2, 0.25) is 0 Å². The third-order valence-corrected chi connectivity index (χ3v) is 5.67. The summed E-state index contributed by atoms with van der Waals surface area (Å²) in [5.41, 5.74) is 5.68. The number of allylic oxidation sites excluding steroid dienone is 1. The van der Waals surface area contributed by atoms with Crippen molar-refractivity contribution < 1.29 is 4.79 Å². The average molecular weight is 414 g/mol. The molecule has 1 amide bonds. The Kier molecular flexibility index (Phi) is 5.17. The Labute approximate surface area is 178 Å². The number of carbonyl (C=O) groups excluding carboxylic acids is 1. The first-order valence-electron chi connectivity index (χ1n) is 9.36. The third-order valence-electron chi connectivity index (χ3n) is 4.82. The predicted octanol–water partition coefficient (Wildman–Crippen LogP) is 5.39. The van der Waals surface area contributed by atoms with E-state index >= 15 is 0 Å². The van der Waals surface area contributed by atoms with Crippen molar-refractivity contribution in [2.24, 2.45) is 0 Å². The number of para-hydroxylation sites is 2. The minimum atomic E-state index is -0.124. The van der Waals surface area contributed by atoms with Crippen molar-refractivity contribution in [2.45, 2.75) is 20.8 Å². The van der Waals surface area contributed by atoms with Gasteiger partial charge in [-0.2, -0.15) is 5.26 Å². The summed E-state index contributed by atoms with van der Waals surface area (Å²) < 4.78 is 0. The van der Waals surface area contributed by atoms with Crippen LogP contribution in [0.25, 0.3) is 22.7 Å². The first-order chi connectivity index (χ1) is 14.5. The van der Waals surface area contributed by atoms with Crippen molar-refractivity contribution in [2.75, 3.05) is 4.90 Å². The second-order valence-corrected chi connectivity index (χ2v) is 7.79. The third kappa shape index (κ3) is 3.73. The molecule has 7 heteroatoms. The van der Waals surface area contributed by atoms with Crippen molar-refractivity contribution in [1.29, 1.82) is 5.26 Å². The molecule has 0 bridgehead atoms. The molecule has 0 fully saturated rings. The lowest BCUT2D eigenvalue weighted by molar-refractivity contribution is -0.115. The van der Waals surface area contributed by atoms with Gasteiger partial charge in [0.25, 0.3) is 0 Å². The first-order valence-corrected chi connectivity index (χ1v) is 10.2. The van der Waals surface area contributed by atoms with Crippen LogP contribution in [0.4, 0.5) is 10.8 Å². The molecule has 2 aromatic carbocycles. The van der Waals surface area contributed by atoms with Crippen LogP contribution in [-0.4, -0.2) is 20.9 Å². The molecule has 1 N–H and O–H groups in total. The average Bonchev–Trinajstić information content (AvgIpc) is 3.35. The number of aryl methyl sites for hydroxylation is 2. The Hall–Kier alpha value is -3.76. The number of fused-ring (bicyclic) bond motifs is 1. The van der Waals surface area contributed by atoms with Gasteiger partial charge < -0.3 is 4.98 Å². The number of thiazole rings is 1. The summed E-state index contributed by atoms with van der Waals surface area (Å²) in [6.45, 7) is 5.56. The molecule has 4 rings (SSSR count). The highest BCUT2D eigenvalue weighted by molar-refractivity contribution is 7.14. The maximum absolute atomic E-state index is 12.4. The van der Waals surface area contributed by atoms with Crippen molar-refractivity contribution >= 4 is 50.7 Å². The SMILES string of the molecule is CC(=O)N(c1ccc(C)c(C)c1)c1nc(/C=C(\C#N)c2nc3ccccc3[nH]2)cs1. The van der Waals surface area contributed by atoms with Crippen LogP contribution in [0, 0.1) is 25.2 Å². The quantitative estimate of drug-likeness (QED) is 0.455. The van der Waals surface area contributed by atoms with Gasteiger partial charge in [-0.25, -0.2) is 9.97 Å². The lowest BCUT2D eigenvalue weighted by Gasteiger charge is -2.19. The number of carbonyl (C=O) groups is 1. The second kappa shape index (κ2) is 7.93. The molecular formula is C23H19N5OS. The second-order valence-electron chi connectivity index (χ2n) is 6.95. The number of benzene rings is 2. The molecule has 4 aromatic rings. The van der Waals surface area contributed by atoms with E-state index in [1.165, 1.54) is 18.3 Å². The molecule has 0 atom stereocenters. The number of nitrogens with one attached hydrogen (secondary N) is 1. The number of imidazole rings is 1. The highest BCUT2D eigenvalue weighted by Crippen LogP contribution is 2.31. The molecule has 6 nitrogen and oxygen atoms in total. The van der Waals surface area contributed by atoms with Crippen LogP contribution in [0.5, 0.6) is 0 Å². The van der Waals surface area contributed by atoms with Crippen LogP contribution < -0.4 is 4.90 Å². The van der Waals surface area contributed by atoms with Crippen molar-refractivity contribution in [3.63, 3.8) is 0 Å². The Morgan fingerprint density at radius 2 is 1.97 bits per heavy atom. The van der Waals surface area contributed by atoms with E-state index in [4.69, 9.17) is 0 Å². The van der Waals surface area contributed by atoms with E-state index in [0.717, 1.165) is 27.8 Å². The zero-order valence-corrected chi connectivity index (χ0v) is 17.6. The summed E-state index contributed by atoms with van der Waals surface area (Å²) >= 11 is 1.35. The zero-order valence-electron chi connectivity index (χ0n) is 16.8. The van der Waals surface area contributed by atoms with Crippen LogP contribution in [0.3, 0.4) is 0 Å². The number of amides is 1. The Bertz CT molecular complexity index is 1290. The van der Waals surface area contributed by atoms with Gasteiger partial charge in [-0.15, -0.1) is 11.3 Å². The minimum absolute atomic E-state index is 0.124. The molecule has 0 spiro atoms. The zero-order chi connectivity index (χ0) is 21.3. The van der Waals surface area contributed by atoms with Crippen LogP contribution >= 0.6 is 11.3 Å². The summed E-state index contributed by atoms with van der Waals surface area (Å²) in [7, 11) is 0. The summed E-state index contributed by atoms with van der Waals surface area (Å²) in [6.07, 6.45) is 1.68. The number of H-pyrrole nitrogens is 1. The molecule has 2 heterocycles. The number of anilines is 2. The van der Waals surface area contributed by atoms with Gasteiger partial charge in [-0.1, -0.05) is 18.2 Å². The molecule has 0 unspecified atom stereocenters. The van der Waals surface area contributed by atoms with Crippen LogP contribution in [0.1, 0.15) is 29.6 Å². The molecule has 2 aromatic heterocycles. The number of aromatic amines is 1. The van der Waals surface area contributed by atoms with Gasteiger partial charge >= 0.3 is 0 Å². The van der Waals surface area contributed by atoms with E-state index < -0.39 is 0 Å². The van der Waals surface area contributed by atoms with Crippen LogP contribution in [0.15, 0.2) is 47.8 Å². The van der Waals surface area contributed by atoms with E-state index in [0.29, 0.717) is 22.2 Å². The van der Waals surface area contributed by atoms with E-state index in [9.17, 15) is 10.1 Å². The fourth-order valence-corrected chi connectivity index (χ4v) is 3.96. The standard InChI is InChI=1S/C23H19N5OS/c1-14-8-9-19(10-15(14)2)28(16(3)29)23-25-18(13-30-23)11-17(12-24)22-26-20-6-4-5-7-21(20)27-22/h4-11,13H,1-3H3,(H,26,27)/b17-11+. The first kappa shape index (κ1) is 19.6. The molecule has 0 saturated heterocycles. The van der Waals surface area contributed by atoms with Gasteiger partial charge in [0.05, 0.1) is 28.0 Å². The molecule has 0 aliphatic heterocycles. The van der Waals surface area contributed by atoms with Gasteiger partial charge in [0.1, 0.15) is 11.9 Å². The van der Waals surface area contributed by atoms with Gasteiger partial charge in [0, 0.05) is 12.3 Å². The smallest absolute Gasteiger partial charge is 0.230 e. The number of hydrogen-bond acceptors (Lipinski definition) is 5. The maximum Gasteiger partial charge on any atom is 0.230 e. The number of hydrogen-bond donors (Lipinski definition) is 1. The lowest BCUT2D eigenvalue weighted by Crippen LogP contribution is -2.22. The van der Waals surface area contributed by atoms with Gasteiger partial charge in [-0.3, -0.25) is 9.69 Å². The lowest BCUT2D eigenvalue weighted by atomic mass is 10.1. The van der Waals surface area contributed by atoms with Gasteiger partial charge in [-0.05, 0) is 55.3 Å². The Morgan fingerprint density at radius 1 is 1.17 bits per heavy atom. The van der Waals surface area contributed by atoms with Crippen molar-refractivity contribution in [3.8, 4) is 6.07 Å². The van der Waals surface area contributed by atoms with E-state index in [1.54, 1.807) is 11.0 Å². The predicted molar refractivity (Wildman–Crippen MR) is 120 cm³/mol. The van der Waals surface area contributed by atoms with E-state index in [2.05, 4.69) is 21.0 Å². The largest absolute Gasteiger partial charge is 0.337 e. The molecule has 30 heavy (non-hydrogen) atoms. The summed E-state index contributed by atoms with van der Waals surface area (Å²) in [5.74, 6) is 0.367. The van der Waals surface area contributed by atoms with Crippen LogP contribution in [-0.2, 0) is 4.79 Å².